The molecule has 1 aliphatic heterocycles. The highest BCUT2D eigenvalue weighted by molar-refractivity contribution is 5.92. The molecule has 0 radical (unpaired) electrons. The second-order valence-electron chi connectivity index (χ2n) is 6.97. The minimum atomic E-state index is -0.364. The van der Waals surface area contributed by atoms with Crippen LogP contribution in [0.4, 0.5) is 5.69 Å². The molecule has 1 aliphatic rings. The van der Waals surface area contributed by atoms with Gasteiger partial charge in [0.1, 0.15) is 12.3 Å². The summed E-state index contributed by atoms with van der Waals surface area (Å²) >= 11 is 0. The Morgan fingerprint density at radius 1 is 1.28 bits per heavy atom. The van der Waals surface area contributed by atoms with Crippen molar-refractivity contribution in [1.82, 2.24) is 5.32 Å². The molecule has 25 heavy (non-hydrogen) atoms. The average molecular weight is 346 g/mol. The molecule has 0 aromatic heterocycles. The molecular weight excluding hydrogens is 320 g/mol. The molecule has 136 valence electrons. The van der Waals surface area contributed by atoms with Gasteiger partial charge in [0.05, 0.1) is 19.3 Å². The summed E-state index contributed by atoms with van der Waals surface area (Å²) in [4.78, 5) is 26.3. The van der Waals surface area contributed by atoms with Crippen molar-refractivity contribution in [3.05, 3.63) is 35.5 Å². The average Bonchev–Trinajstić information content (AvgIpc) is 2.52. The molecule has 0 aliphatic carbocycles. The molecule has 6 nitrogen and oxygen atoms in total. The van der Waals surface area contributed by atoms with Gasteiger partial charge in [-0.1, -0.05) is 0 Å². The highest BCUT2D eigenvalue weighted by Crippen LogP contribution is 2.32. The van der Waals surface area contributed by atoms with Crippen LogP contribution in [-0.2, 0) is 20.7 Å². The van der Waals surface area contributed by atoms with E-state index in [1.807, 2.05) is 39.0 Å². The maximum atomic E-state index is 12.3. The first-order chi connectivity index (χ1) is 11.7. The fourth-order valence-corrected chi connectivity index (χ4v) is 2.71. The number of fused-ring (bicyclic) bond motifs is 1. The van der Waals surface area contributed by atoms with Gasteiger partial charge in [-0.3, -0.25) is 4.79 Å². The van der Waals surface area contributed by atoms with Crippen LogP contribution in [0.2, 0.25) is 0 Å². The molecule has 1 heterocycles. The number of hydrogen-bond acceptors (Lipinski definition) is 5. The Balaban J connectivity index is 2.31. The minimum absolute atomic E-state index is 0.115. The van der Waals surface area contributed by atoms with Crippen molar-refractivity contribution in [2.75, 3.05) is 25.2 Å². The van der Waals surface area contributed by atoms with Gasteiger partial charge in [-0.15, -0.1) is 0 Å². The minimum Gasteiger partial charge on any atom is -0.497 e. The molecule has 0 fully saturated rings. The van der Waals surface area contributed by atoms with Crippen LogP contribution < -0.4 is 15.0 Å². The number of esters is 1. The van der Waals surface area contributed by atoms with Crippen molar-refractivity contribution >= 4 is 17.6 Å². The summed E-state index contributed by atoms with van der Waals surface area (Å²) in [5.74, 6) is 0.232. The Morgan fingerprint density at radius 3 is 2.60 bits per heavy atom. The van der Waals surface area contributed by atoms with Gasteiger partial charge in [0, 0.05) is 23.8 Å². The maximum absolute atomic E-state index is 12.3. The number of anilines is 1. The summed E-state index contributed by atoms with van der Waals surface area (Å²) < 4.78 is 10.4. The fraction of sp³-hybridized carbons (Fsp3) is 0.474. The van der Waals surface area contributed by atoms with E-state index in [2.05, 4.69) is 5.32 Å². The first-order valence-electron chi connectivity index (χ1n) is 8.36. The molecule has 0 unspecified atom stereocenters. The van der Waals surface area contributed by atoms with Gasteiger partial charge in [-0.25, -0.2) is 4.79 Å². The molecule has 6 heteroatoms. The smallest absolute Gasteiger partial charge is 0.335 e. The van der Waals surface area contributed by atoms with Crippen LogP contribution in [0.15, 0.2) is 30.0 Å². The van der Waals surface area contributed by atoms with Crippen LogP contribution in [0.1, 0.15) is 33.3 Å². The topological polar surface area (TPSA) is 67.9 Å². The van der Waals surface area contributed by atoms with Crippen LogP contribution in [0.25, 0.3) is 0 Å². The predicted molar refractivity (Wildman–Crippen MR) is 96.7 cm³/mol. The van der Waals surface area contributed by atoms with E-state index in [0.717, 1.165) is 11.3 Å². The number of nitrogens with zero attached hydrogens (tertiary/aromatic N) is 1. The normalized spacial score (nSPS) is 13.6. The first-order valence-corrected chi connectivity index (χ1v) is 8.36. The monoisotopic (exact) mass is 346 g/mol. The van der Waals surface area contributed by atoms with Crippen molar-refractivity contribution in [2.45, 2.75) is 39.7 Å². The zero-order valence-corrected chi connectivity index (χ0v) is 15.5. The first kappa shape index (κ1) is 18.8. The Kier molecular flexibility index (Phi) is 5.72. The molecule has 0 saturated heterocycles. The van der Waals surface area contributed by atoms with Crippen molar-refractivity contribution in [3.8, 4) is 5.75 Å². The number of hydrogen-bond donors (Lipinski definition) is 1. The lowest BCUT2D eigenvalue weighted by Gasteiger charge is -2.30. The Bertz CT molecular complexity index is 689. The van der Waals surface area contributed by atoms with Crippen LogP contribution >= 0.6 is 0 Å². The van der Waals surface area contributed by atoms with Crippen LogP contribution in [0.3, 0.4) is 0 Å². The van der Waals surface area contributed by atoms with Crippen molar-refractivity contribution in [1.29, 1.82) is 0 Å². The summed E-state index contributed by atoms with van der Waals surface area (Å²) in [6.07, 6.45) is 2.15. The van der Waals surface area contributed by atoms with E-state index >= 15 is 0 Å². The summed E-state index contributed by atoms with van der Waals surface area (Å²) in [7, 11) is 1.60. The number of amides is 1. The van der Waals surface area contributed by atoms with E-state index in [0.29, 0.717) is 24.4 Å². The zero-order valence-electron chi connectivity index (χ0n) is 15.5. The predicted octanol–water partition coefficient (Wildman–Crippen LogP) is 2.42. The molecule has 1 aromatic rings. The van der Waals surface area contributed by atoms with Crippen molar-refractivity contribution < 1.29 is 19.1 Å². The lowest BCUT2D eigenvalue weighted by atomic mass is 9.99. The summed E-state index contributed by atoms with van der Waals surface area (Å²) in [5, 5.41) is 2.94. The fourth-order valence-electron chi connectivity index (χ4n) is 2.71. The lowest BCUT2D eigenvalue weighted by Crippen LogP contribution is -2.45. The number of rotatable bonds is 5. The van der Waals surface area contributed by atoms with Gasteiger partial charge in [-0.05, 0) is 51.5 Å². The summed E-state index contributed by atoms with van der Waals surface area (Å²) in [6, 6.07) is 5.63. The van der Waals surface area contributed by atoms with Gasteiger partial charge < -0.3 is 19.7 Å². The van der Waals surface area contributed by atoms with E-state index in [4.69, 9.17) is 9.47 Å². The van der Waals surface area contributed by atoms with Gasteiger partial charge >= 0.3 is 5.97 Å². The number of benzene rings is 1. The largest absolute Gasteiger partial charge is 0.497 e. The molecule has 0 spiro atoms. The Hall–Kier alpha value is -2.50. The number of carbonyl (C=O) groups excluding carboxylic acids is 2. The number of methoxy groups -OCH3 is 1. The summed E-state index contributed by atoms with van der Waals surface area (Å²) in [5.41, 5.74) is 2.01. The highest BCUT2D eigenvalue weighted by Gasteiger charge is 2.25. The molecule has 0 bridgehead atoms. The van der Waals surface area contributed by atoms with E-state index in [1.165, 1.54) is 0 Å². The third-order valence-electron chi connectivity index (χ3n) is 3.65. The van der Waals surface area contributed by atoms with Crippen LogP contribution in [0.5, 0.6) is 5.75 Å². The SMILES string of the molecule is CCOC(=O)C1=CN(CC(=O)NC(C)(C)C)c2ccc(OC)cc2C1. The third-order valence-corrected chi connectivity index (χ3v) is 3.65. The van der Waals surface area contributed by atoms with Gasteiger partial charge in [0.2, 0.25) is 5.91 Å². The third kappa shape index (κ3) is 4.98. The zero-order chi connectivity index (χ0) is 18.6. The maximum Gasteiger partial charge on any atom is 0.335 e. The van der Waals surface area contributed by atoms with Gasteiger partial charge in [0.25, 0.3) is 0 Å². The second kappa shape index (κ2) is 7.59. The molecule has 0 atom stereocenters. The molecular formula is C19H26N2O4. The second-order valence-corrected chi connectivity index (χ2v) is 6.97. The molecule has 2 rings (SSSR count). The number of carbonyl (C=O) groups is 2. The van der Waals surface area contributed by atoms with Crippen LogP contribution in [-0.4, -0.2) is 37.7 Å². The molecule has 0 saturated carbocycles. The van der Waals surface area contributed by atoms with Crippen molar-refractivity contribution in [2.24, 2.45) is 0 Å². The van der Waals surface area contributed by atoms with Crippen molar-refractivity contribution in [3.63, 3.8) is 0 Å². The van der Waals surface area contributed by atoms with E-state index in [9.17, 15) is 9.59 Å². The highest BCUT2D eigenvalue weighted by atomic mass is 16.5. The molecule has 1 aromatic carbocycles. The van der Waals surface area contributed by atoms with Crippen LogP contribution in [0, 0.1) is 0 Å². The number of ether oxygens (including phenoxy) is 2. The Labute approximate surface area is 148 Å². The lowest BCUT2D eigenvalue weighted by molar-refractivity contribution is -0.138. The van der Waals surface area contributed by atoms with Gasteiger partial charge in [-0.2, -0.15) is 0 Å². The molecule has 1 N–H and O–H groups in total. The van der Waals surface area contributed by atoms with E-state index in [1.54, 1.807) is 25.1 Å². The van der Waals surface area contributed by atoms with Gasteiger partial charge in [0.15, 0.2) is 0 Å². The Morgan fingerprint density at radius 2 is 2.00 bits per heavy atom. The van der Waals surface area contributed by atoms with E-state index < -0.39 is 0 Å². The standard InChI is InChI=1S/C19H26N2O4/c1-6-25-18(23)14-9-13-10-15(24-5)7-8-16(13)21(11-14)12-17(22)20-19(2,3)4/h7-8,10-11H,6,9,12H2,1-5H3,(H,20,22). The quantitative estimate of drug-likeness (QED) is 0.830. The molecule has 1 amide bonds. The summed E-state index contributed by atoms with van der Waals surface area (Å²) in [6.45, 7) is 8.00. The number of nitrogens with one attached hydrogen (secondary N) is 1. The van der Waals surface area contributed by atoms with E-state index in [-0.39, 0.29) is 24.0 Å².